The number of ether oxygens (including phenoxy) is 1. The lowest BCUT2D eigenvalue weighted by Crippen LogP contribution is -2.35. The van der Waals surface area contributed by atoms with Crippen LogP contribution < -0.4 is 4.74 Å². The van der Waals surface area contributed by atoms with E-state index in [1.54, 1.807) is 0 Å². The third-order valence-electron chi connectivity index (χ3n) is 4.87. The number of benzene rings is 1. The molecule has 3 atom stereocenters. The lowest BCUT2D eigenvalue weighted by atomic mass is 9.94. The van der Waals surface area contributed by atoms with Gasteiger partial charge in [-0.2, -0.15) is 0 Å². The van der Waals surface area contributed by atoms with Crippen molar-refractivity contribution < 1.29 is 4.74 Å². The second-order valence-electron chi connectivity index (χ2n) is 6.31. The summed E-state index contributed by atoms with van der Waals surface area (Å²) in [4.78, 5) is 12.2. The third kappa shape index (κ3) is 2.91. The van der Waals surface area contributed by atoms with Gasteiger partial charge < -0.3 is 9.64 Å². The minimum Gasteiger partial charge on any atom is -0.494 e. The summed E-state index contributed by atoms with van der Waals surface area (Å²) in [7, 11) is 0. The maximum atomic E-state index is 5.95. The zero-order valence-electron chi connectivity index (χ0n) is 14.6. The van der Waals surface area contributed by atoms with Crippen molar-refractivity contribution in [2.45, 2.75) is 38.4 Å². The molecule has 0 aliphatic carbocycles. The fraction of sp³-hybridized carbons (Fsp3) is 0.400. The van der Waals surface area contributed by atoms with Crippen LogP contribution >= 0.6 is 11.8 Å². The predicted octanol–water partition coefficient (Wildman–Crippen LogP) is 4.46. The smallest absolute Gasteiger partial charge is 0.160 e. The average Bonchev–Trinajstić information content (AvgIpc) is 3.22. The maximum Gasteiger partial charge on any atom is 0.160 e. The van der Waals surface area contributed by atoms with Gasteiger partial charge in [-0.05, 0) is 31.5 Å². The number of nitrogens with zero attached hydrogens (tertiary/aromatic N) is 3. The van der Waals surface area contributed by atoms with Gasteiger partial charge in [-0.3, -0.25) is 9.98 Å². The summed E-state index contributed by atoms with van der Waals surface area (Å²) < 4.78 is 5.95. The Morgan fingerprint density at radius 3 is 2.76 bits per heavy atom. The Morgan fingerprint density at radius 2 is 2.00 bits per heavy atom. The van der Waals surface area contributed by atoms with E-state index in [9.17, 15) is 0 Å². The molecule has 130 valence electrons. The number of fused-ring (bicyclic) bond motifs is 1. The van der Waals surface area contributed by atoms with Crippen molar-refractivity contribution in [3.8, 4) is 5.75 Å². The zero-order chi connectivity index (χ0) is 17.2. The summed E-state index contributed by atoms with van der Waals surface area (Å²) >= 11 is 1.87. The number of hydrogen-bond donors (Lipinski definition) is 0. The molecular weight excluding hydrogens is 330 g/mol. The van der Waals surface area contributed by atoms with E-state index in [0.29, 0.717) is 12.6 Å². The first-order valence-corrected chi connectivity index (χ1v) is 9.93. The standard InChI is InChI=1S/C20H23N3OS/c1-3-14-13-25-20-22-18(16-10-7-8-12-21-16)19(23(14)20)15-9-5-6-11-17(15)24-4-2/h5-12,14,18-19H,3-4,13H2,1-2H3/t14-,18+,19+/m0/s1. The Labute approximate surface area is 153 Å². The summed E-state index contributed by atoms with van der Waals surface area (Å²) in [5.74, 6) is 2.07. The van der Waals surface area contributed by atoms with Crippen molar-refractivity contribution in [2.24, 2.45) is 4.99 Å². The van der Waals surface area contributed by atoms with Crippen molar-refractivity contribution in [1.29, 1.82) is 0 Å². The summed E-state index contributed by atoms with van der Waals surface area (Å²) in [6, 6.07) is 15.1. The molecule has 0 radical (unpaired) electrons. The van der Waals surface area contributed by atoms with Crippen molar-refractivity contribution in [3.63, 3.8) is 0 Å². The van der Waals surface area contributed by atoms with Crippen molar-refractivity contribution in [1.82, 2.24) is 9.88 Å². The Bertz CT molecular complexity index is 765. The van der Waals surface area contributed by atoms with Crippen LogP contribution in [0.1, 0.15) is 43.6 Å². The quantitative estimate of drug-likeness (QED) is 0.795. The Balaban J connectivity index is 1.81. The SMILES string of the molecule is CCOc1ccccc1[C@@H]1[C@@H](c2ccccn2)N=C2SC[C@H](CC)N21. The second-order valence-corrected chi connectivity index (χ2v) is 7.29. The van der Waals surface area contributed by atoms with Crippen LogP contribution in [0.15, 0.2) is 53.7 Å². The first-order chi connectivity index (χ1) is 12.3. The van der Waals surface area contributed by atoms with Gasteiger partial charge in [0.25, 0.3) is 0 Å². The molecule has 2 aliphatic heterocycles. The van der Waals surface area contributed by atoms with Crippen molar-refractivity contribution in [3.05, 3.63) is 59.9 Å². The molecule has 0 spiro atoms. The monoisotopic (exact) mass is 353 g/mol. The third-order valence-corrected chi connectivity index (χ3v) is 5.99. The highest BCUT2D eigenvalue weighted by atomic mass is 32.2. The number of para-hydroxylation sites is 1. The van der Waals surface area contributed by atoms with E-state index in [2.05, 4.69) is 41.1 Å². The van der Waals surface area contributed by atoms with Crippen molar-refractivity contribution >= 4 is 16.9 Å². The number of thioether (sulfide) groups is 1. The molecule has 2 aromatic rings. The molecule has 0 saturated carbocycles. The van der Waals surface area contributed by atoms with Gasteiger partial charge in [0.15, 0.2) is 5.17 Å². The molecule has 1 aromatic carbocycles. The highest BCUT2D eigenvalue weighted by Crippen LogP contribution is 2.50. The molecular formula is C20H23N3OS. The van der Waals surface area contributed by atoms with Gasteiger partial charge in [-0.1, -0.05) is 43.0 Å². The lowest BCUT2D eigenvalue weighted by Gasteiger charge is -2.32. The molecule has 5 heteroatoms. The predicted molar refractivity (Wildman–Crippen MR) is 103 cm³/mol. The average molecular weight is 353 g/mol. The largest absolute Gasteiger partial charge is 0.494 e. The van der Waals surface area contributed by atoms with Gasteiger partial charge in [-0.25, -0.2) is 0 Å². The number of pyridine rings is 1. The Kier molecular flexibility index (Phi) is 4.66. The molecule has 0 bridgehead atoms. The van der Waals surface area contributed by atoms with Crippen LogP contribution in [-0.2, 0) is 0 Å². The first-order valence-electron chi connectivity index (χ1n) is 8.95. The lowest BCUT2D eigenvalue weighted by molar-refractivity contribution is 0.245. The molecule has 25 heavy (non-hydrogen) atoms. The van der Waals surface area contributed by atoms with Crippen LogP contribution in [-0.4, -0.2) is 33.5 Å². The molecule has 1 saturated heterocycles. The van der Waals surface area contributed by atoms with Gasteiger partial charge in [0.2, 0.25) is 0 Å². The molecule has 1 aromatic heterocycles. The van der Waals surface area contributed by atoms with Crippen LogP contribution in [0.3, 0.4) is 0 Å². The zero-order valence-corrected chi connectivity index (χ0v) is 15.4. The van der Waals surface area contributed by atoms with E-state index in [4.69, 9.17) is 9.73 Å². The Hall–Kier alpha value is -2.01. The number of hydrogen-bond acceptors (Lipinski definition) is 5. The van der Waals surface area contributed by atoms with Gasteiger partial charge in [0.1, 0.15) is 11.8 Å². The topological polar surface area (TPSA) is 37.7 Å². The fourth-order valence-electron chi connectivity index (χ4n) is 3.70. The van der Waals surface area contributed by atoms with Crippen LogP contribution in [0.5, 0.6) is 5.75 Å². The molecule has 0 unspecified atom stereocenters. The van der Waals surface area contributed by atoms with E-state index in [1.165, 1.54) is 5.56 Å². The Morgan fingerprint density at radius 1 is 1.16 bits per heavy atom. The second kappa shape index (κ2) is 7.08. The molecule has 1 fully saturated rings. The van der Waals surface area contributed by atoms with Crippen molar-refractivity contribution in [2.75, 3.05) is 12.4 Å². The molecule has 2 aliphatic rings. The molecule has 0 amide bonds. The van der Waals surface area contributed by atoms with Crippen LogP contribution in [0, 0.1) is 0 Å². The highest BCUT2D eigenvalue weighted by molar-refractivity contribution is 8.14. The minimum atomic E-state index is 0.0136. The summed E-state index contributed by atoms with van der Waals surface area (Å²) in [5, 5.41) is 1.15. The number of amidine groups is 1. The van der Waals surface area contributed by atoms with E-state index in [0.717, 1.165) is 28.8 Å². The van der Waals surface area contributed by atoms with E-state index in [1.807, 2.05) is 43.1 Å². The van der Waals surface area contributed by atoms with Gasteiger partial charge in [0, 0.05) is 23.6 Å². The van der Waals surface area contributed by atoms with Gasteiger partial charge >= 0.3 is 0 Å². The number of aromatic nitrogens is 1. The van der Waals surface area contributed by atoms with E-state index >= 15 is 0 Å². The van der Waals surface area contributed by atoms with Gasteiger partial charge in [-0.15, -0.1) is 0 Å². The minimum absolute atomic E-state index is 0.0136. The molecule has 4 rings (SSSR count). The van der Waals surface area contributed by atoms with E-state index in [-0.39, 0.29) is 12.1 Å². The fourth-order valence-corrected chi connectivity index (χ4v) is 5.04. The van der Waals surface area contributed by atoms with E-state index < -0.39 is 0 Å². The molecule has 4 nitrogen and oxygen atoms in total. The number of rotatable bonds is 5. The van der Waals surface area contributed by atoms with Gasteiger partial charge in [0.05, 0.1) is 18.3 Å². The molecule has 0 N–H and O–H groups in total. The maximum absolute atomic E-state index is 5.95. The summed E-state index contributed by atoms with van der Waals surface area (Å²) in [5.41, 5.74) is 2.23. The van der Waals surface area contributed by atoms with Crippen LogP contribution in [0.4, 0.5) is 0 Å². The van der Waals surface area contributed by atoms with Crippen LogP contribution in [0.25, 0.3) is 0 Å². The normalized spacial score (nSPS) is 25.0. The summed E-state index contributed by atoms with van der Waals surface area (Å²) in [6.07, 6.45) is 2.98. The molecule has 3 heterocycles. The number of aliphatic imine (C=N–C) groups is 1. The summed E-state index contributed by atoms with van der Waals surface area (Å²) in [6.45, 7) is 4.95. The van der Waals surface area contributed by atoms with Crippen LogP contribution in [0.2, 0.25) is 0 Å². The first kappa shape index (κ1) is 16.5. The highest BCUT2D eigenvalue weighted by Gasteiger charge is 2.46.